The minimum Gasteiger partial charge on any atom is -0.508 e. The highest BCUT2D eigenvalue weighted by atomic mass is 35.5. The van der Waals surface area contributed by atoms with Gasteiger partial charge in [-0.05, 0) is 140 Å². The number of aromatic hydroxyl groups is 1. The van der Waals surface area contributed by atoms with Gasteiger partial charge in [0.1, 0.15) is 48.0 Å². The van der Waals surface area contributed by atoms with Crippen LogP contribution in [0.15, 0.2) is 140 Å². The Morgan fingerprint density at radius 3 is 1.79 bits per heavy atom. The molecule has 1 aliphatic heterocycles. The first-order chi connectivity index (χ1) is 46.1. The van der Waals surface area contributed by atoms with Crippen molar-refractivity contribution in [2.24, 2.45) is 5.92 Å². The van der Waals surface area contributed by atoms with E-state index < -0.39 is 90.3 Å². The number of fused-ring (bicyclic) bond motifs is 1. The van der Waals surface area contributed by atoms with Gasteiger partial charge in [-0.3, -0.25) is 53.1 Å². The summed E-state index contributed by atoms with van der Waals surface area (Å²) in [6.07, 6.45) is 10.6. The predicted octanol–water partition coefficient (Wildman–Crippen LogP) is 5.03. The van der Waals surface area contributed by atoms with E-state index in [1.165, 1.54) is 51.1 Å². The summed E-state index contributed by atoms with van der Waals surface area (Å²) in [5.74, 6) is -6.25. The minimum atomic E-state index is -1.75. The van der Waals surface area contributed by atoms with Gasteiger partial charge < -0.3 is 62.5 Å². The summed E-state index contributed by atoms with van der Waals surface area (Å²) in [6.45, 7) is 8.73. The van der Waals surface area contributed by atoms with Crippen molar-refractivity contribution in [2.75, 3.05) is 39.8 Å². The maximum atomic E-state index is 15.1. The van der Waals surface area contributed by atoms with Gasteiger partial charge in [0.15, 0.2) is 0 Å². The Labute approximate surface area is 566 Å². The van der Waals surface area contributed by atoms with Crippen molar-refractivity contribution in [1.29, 1.82) is 0 Å². The normalized spacial score (nSPS) is 15.3. The number of piperidine rings is 1. The van der Waals surface area contributed by atoms with Crippen LogP contribution in [-0.2, 0) is 64.0 Å². The number of aliphatic hydroxyl groups excluding tert-OH is 1. The number of carbonyl (C=O) groups is 9. The van der Waals surface area contributed by atoms with Gasteiger partial charge in [0, 0.05) is 95.1 Å². The molecule has 1 saturated heterocycles. The molecular weight excluding hydrogens is 1240 g/mol. The number of benzene rings is 4. The molecule has 9 amide bonds. The molecule has 24 heteroatoms. The highest BCUT2D eigenvalue weighted by Gasteiger charge is 2.37. The van der Waals surface area contributed by atoms with E-state index in [1.54, 1.807) is 66.9 Å². The fourth-order valence-corrected chi connectivity index (χ4v) is 11.8. The summed E-state index contributed by atoms with van der Waals surface area (Å²) < 4.78 is 0. The third-order valence-electron chi connectivity index (χ3n) is 17.0. The van der Waals surface area contributed by atoms with E-state index in [0.29, 0.717) is 59.1 Å². The lowest BCUT2D eigenvalue weighted by molar-refractivity contribution is -0.144. The van der Waals surface area contributed by atoms with Crippen LogP contribution in [0.5, 0.6) is 5.75 Å². The number of pyridine rings is 2. The van der Waals surface area contributed by atoms with Crippen molar-refractivity contribution in [2.45, 2.75) is 153 Å². The summed E-state index contributed by atoms with van der Waals surface area (Å²) in [7, 11) is 1.30. The van der Waals surface area contributed by atoms with Crippen LogP contribution in [0.1, 0.15) is 112 Å². The van der Waals surface area contributed by atoms with Gasteiger partial charge in [-0.25, -0.2) is 0 Å². The molecule has 96 heavy (non-hydrogen) atoms. The number of aliphatic hydroxyl groups is 1. The second-order valence-corrected chi connectivity index (χ2v) is 25.4. The number of hydrogen-bond acceptors (Lipinski definition) is 14. The van der Waals surface area contributed by atoms with Crippen molar-refractivity contribution in [3.63, 3.8) is 0 Å². The Bertz CT molecular complexity index is 3550. The third-order valence-corrected chi connectivity index (χ3v) is 17.2. The molecule has 6 aromatic rings. The number of unbranched alkanes of at least 4 members (excludes halogenated alkanes) is 1. The molecular formula is C72H91ClN12O11. The van der Waals surface area contributed by atoms with Crippen molar-refractivity contribution < 1.29 is 53.4 Å². The van der Waals surface area contributed by atoms with Gasteiger partial charge in [-0.2, -0.15) is 0 Å². The number of rotatable bonds is 35. The first kappa shape index (κ1) is 74.1. The van der Waals surface area contributed by atoms with Gasteiger partial charge in [0.25, 0.3) is 5.91 Å². The summed E-state index contributed by atoms with van der Waals surface area (Å²) in [5.41, 5.74) is 2.62. The number of likely N-dealkylation sites (N-methyl/N-ethyl adjacent to an activating group) is 1. The maximum absolute atomic E-state index is 15.1. The van der Waals surface area contributed by atoms with Crippen LogP contribution < -0.4 is 42.5 Å². The number of nitrogens with zero attached hydrogens (tertiary/aromatic N) is 4. The van der Waals surface area contributed by atoms with Crippen molar-refractivity contribution in [3.05, 3.63) is 173 Å². The zero-order valence-corrected chi connectivity index (χ0v) is 56.0. The quantitative estimate of drug-likeness (QED) is 0.0233. The second kappa shape index (κ2) is 37.7. The Morgan fingerprint density at radius 2 is 1.16 bits per heavy atom. The van der Waals surface area contributed by atoms with E-state index in [1.807, 2.05) is 56.3 Å². The molecule has 512 valence electrons. The van der Waals surface area contributed by atoms with Crippen LogP contribution in [0.4, 0.5) is 0 Å². The number of hydrogen-bond donors (Lipinski definition) is 10. The summed E-state index contributed by atoms with van der Waals surface area (Å²) >= 11 is 6.25. The lowest BCUT2D eigenvalue weighted by Crippen LogP contribution is -2.61. The van der Waals surface area contributed by atoms with Crippen molar-refractivity contribution >= 4 is 75.5 Å². The molecule has 23 nitrogen and oxygen atoms in total. The van der Waals surface area contributed by atoms with E-state index in [9.17, 15) is 48.6 Å². The van der Waals surface area contributed by atoms with E-state index in [0.717, 1.165) is 47.2 Å². The average Bonchev–Trinajstić information content (AvgIpc) is 0.871. The number of phenols is 1. The van der Waals surface area contributed by atoms with Gasteiger partial charge in [-0.15, -0.1) is 0 Å². The molecule has 0 bridgehead atoms. The molecule has 1 aliphatic rings. The van der Waals surface area contributed by atoms with Gasteiger partial charge in [0.2, 0.25) is 47.3 Å². The number of phenolic OH excluding ortho intramolecular Hbond substituents is 1. The number of amides is 9. The van der Waals surface area contributed by atoms with Gasteiger partial charge in [-0.1, -0.05) is 105 Å². The van der Waals surface area contributed by atoms with Crippen molar-refractivity contribution in [1.82, 2.24) is 62.3 Å². The van der Waals surface area contributed by atoms with E-state index in [2.05, 4.69) is 64.3 Å². The third kappa shape index (κ3) is 23.5. The largest absolute Gasteiger partial charge is 0.508 e. The molecule has 4 aromatic carbocycles. The lowest BCUT2D eigenvalue weighted by atomic mass is 9.99. The molecule has 2 aromatic heterocycles. The Morgan fingerprint density at radius 1 is 0.583 bits per heavy atom. The Kier molecular flexibility index (Phi) is 29.1. The van der Waals surface area contributed by atoms with Crippen LogP contribution in [0.25, 0.3) is 10.8 Å². The predicted molar refractivity (Wildman–Crippen MR) is 366 cm³/mol. The van der Waals surface area contributed by atoms with E-state index in [-0.39, 0.29) is 68.6 Å². The number of likely N-dealkylation sites (tertiary alicyclic amines) is 1. The molecule has 0 spiro atoms. The topological polar surface area (TPSA) is 323 Å². The first-order valence-corrected chi connectivity index (χ1v) is 33.3. The van der Waals surface area contributed by atoms with Crippen LogP contribution >= 0.6 is 11.6 Å². The molecule has 0 saturated carbocycles. The monoisotopic (exact) mass is 1330 g/mol. The van der Waals surface area contributed by atoms with Gasteiger partial charge in [0.05, 0.1) is 12.2 Å². The van der Waals surface area contributed by atoms with Gasteiger partial charge >= 0.3 is 0 Å². The standard InChI is InChI=1S/C72H91ClN12O11/c1-46(2)37-59(66(90)77-34-14-36-85-35-11-9-15-47(85)3)80-67(91)58(20-8-10-33-76-65(89)55-19-13-32-75-44-55)79-71(95)64(42-50-24-29-57(88)30-25-50)84(5)72(96)63(45-86)83-70(94)62(41-52-16-12-31-74-43-52)82-69(93)61(39-49-22-27-56(73)28-23-49)81-68(92)60(78-48(4)87)40-51-21-26-53-17-6-7-18-54(53)38-51/h6-7,12-13,16-19,21-32,38,43-44,46-47,58-64,86,88H,8-11,14-15,20,33-37,39-42,45H2,1-5H3,(H,76,89)(H,77,90)(H,78,87)(H,79,95)(H,80,91)(H,81,92)(H,82,93)(H,83,94)/t47?,58-,59+,60-,61-,62-,63+,64+/m1/s1. The first-order valence-electron chi connectivity index (χ1n) is 32.9. The number of halogens is 1. The zero-order valence-electron chi connectivity index (χ0n) is 55.2. The lowest BCUT2D eigenvalue weighted by Gasteiger charge is -2.33. The molecule has 0 radical (unpaired) electrons. The summed E-state index contributed by atoms with van der Waals surface area (Å²) in [6, 6.07) is 23.3. The number of nitrogens with one attached hydrogen (secondary N) is 8. The fraction of sp³-hybridized carbons (Fsp3) is 0.431. The molecule has 1 fully saturated rings. The Balaban J connectivity index is 1.12. The minimum absolute atomic E-state index is 0.0266. The molecule has 7 rings (SSSR count). The summed E-state index contributed by atoms with van der Waals surface area (Å²) in [5, 5.41) is 46.1. The molecule has 1 unspecified atom stereocenters. The van der Waals surface area contributed by atoms with E-state index >= 15 is 4.79 Å². The highest BCUT2D eigenvalue weighted by Crippen LogP contribution is 2.21. The molecule has 10 N–H and O–H groups in total. The maximum Gasteiger partial charge on any atom is 0.252 e. The Hall–Kier alpha value is -9.32. The van der Waals surface area contributed by atoms with Crippen LogP contribution in [0.2, 0.25) is 5.02 Å². The smallest absolute Gasteiger partial charge is 0.252 e. The van der Waals surface area contributed by atoms with E-state index in [4.69, 9.17) is 11.6 Å². The van der Waals surface area contributed by atoms with Crippen LogP contribution in [0, 0.1) is 5.92 Å². The average molecular weight is 1340 g/mol. The van der Waals surface area contributed by atoms with Crippen LogP contribution in [0.3, 0.4) is 0 Å². The summed E-state index contributed by atoms with van der Waals surface area (Å²) in [4.78, 5) is 140. The highest BCUT2D eigenvalue weighted by molar-refractivity contribution is 6.30. The SMILES string of the molecule is CC(=O)N[C@H](Cc1ccc2ccccc2c1)C(=O)N[C@H](Cc1ccc(Cl)cc1)C(=O)N[C@H](Cc1cccnc1)C(=O)N[C@@H](CO)C(=O)N(C)[C@@H](Cc1ccc(O)cc1)C(=O)N[C@H](CCCCNC(=O)c1cccnc1)C(=O)N[C@@H](CC(C)C)C(=O)NCCCN1CCCCC1C. The molecule has 8 atom stereocenters. The molecule has 0 aliphatic carbocycles. The zero-order chi connectivity index (χ0) is 69.1. The fourth-order valence-electron chi connectivity index (χ4n) is 11.6. The van der Waals surface area contributed by atoms with Crippen LogP contribution in [-0.4, -0.2) is 171 Å². The second-order valence-electron chi connectivity index (χ2n) is 25.0. The van der Waals surface area contributed by atoms with Crippen molar-refractivity contribution in [3.8, 4) is 5.75 Å². The number of aromatic nitrogens is 2. The molecule has 3 heterocycles. The number of carbonyl (C=O) groups excluding carboxylic acids is 9.